The van der Waals surface area contributed by atoms with Crippen molar-refractivity contribution in [3.63, 3.8) is 0 Å². The van der Waals surface area contributed by atoms with E-state index in [4.69, 9.17) is 5.11 Å². The lowest BCUT2D eigenvalue weighted by atomic mass is 9.74. The van der Waals surface area contributed by atoms with Crippen molar-refractivity contribution >= 4 is 17.6 Å². The van der Waals surface area contributed by atoms with Crippen LogP contribution < -0.4 is 5.32 Å². The zero-order valence-corrected chi connectivity index (χ0v) is 12.0. The van der Waals surface area contributed by atoms with Crippen molar-refractivity contribution < 1.29 is 14.7 Å². The van der Waals surface area contributed by atoms with Gasteiger partial charge in [0, 0.05) is 5.69 Å². The van der Waals surface area contributed by atoms with Crippen LogP contribution in [0.3, 0.4) is 0 Å². The maximum atomic E-state index is 12.4. The highest BCUT2D eigenvalue weighted by molar-refractivity contribution is 5.98. The molecule has 110 valence electrons. The van der Waals surface area contributed by atoms with E-state index in [0.717, 1.165) is 19.3 Å². The van der Waals surface area contributed by atoms with Gasteiger partial charge in [-0.1, -0.05) is 19.3 Å². The van der Waals surface area contributed by atoms with Crippen LogP contribution in [-0.4, -0.2) is 17.0 Å². The first-order valence-electron chi connectivity index (χ1n) is 7.05. The molecule has 5 nitrogen and oxygen atoms in total. The van der Waals surface area contributed by atoms with Gasteiger partial charge in [0.15, 0.2) is 0 Å². The Kier molecular flexibility index (Phi) is 4.27. The largest absolute Gasteiger partial charge is 0.478 e. The molecule has 0 atom stereocenters. The lowest BCUT2D eigenvalue weighted by Gasteiger charge is -2.29. The molecule has 2 N–H and O–H groups in total. The molecule has 0 heterocycles. The number of hydrogen-bond donors (Lipinski definition) is 2. The van der Waals surface area contributed by atoms with E-state index in [1.54, 1.807) is 19.1 Å². The van der Waals surface area contributed by atoms with Crippen molar-refractivity contribution in [3.05, 3.63) is 29.3 Å². The van der Waals surface area contributed by atoms with Crippen molar-refractivity contribution in [2.75, 3.05) is 5.32 Å². The number of carbonyl (C=O) groups excluding carboxylic acids is 1. The number of nitrogens with one attached hydrogen (secondary N) is 1. The molecule has 1 fully saturated rings. The molecule has 0 saturated heterocycles. The smallest absolute Gasteiger partial charge is 0.335 e. The number of amides is 1. The SMILES string of the molecule is Cc1cc(NC(=O)C2(C#N)CCCCC2)ccc1C(=O)O. The molecule has 1 saturated carbocycles. The van der Waals surface area contributed by atoms with Crippen molar-refractivity contribution in [1.82, 2.24) is 0 Å². The van der Waals surface area contributed by atoms with Gasteiger partial charge in [0.1, 0.15) is 5.41 Å². The molecule has 0 unspecified atom stereocenters. The molecule has 2 rings (SSSR count). The van der Waals surface area contributed by atoms with Crippen LogP contribution >= 0.6 is 0 Å². The van der Waals surface area contributed by atoms with Gasteiger partial charge < -0.3 is 10.4 Å². The van der Waals surface area contributed by atoms with Crippen LogP contribution in [0.2, 0.25) is 0 Å². The summed E-state index contributed by atoms with van der Waals surface area (Å²) in [4.78, 5) is 23.4. The summed E-state index contributed by atoms with van der Waals surface area (Å²) in [5, 5.41) is 21.1. The zero-order valence-electron chi connectivity index (χ0n) is 12.0. The van der Waals surface area contributed by atoms with Gasteiger partial charge in [-0.05, 0) is 43.5 Å². The van der Waals surface area contributed by atoms with Gasteiger partial charge >= 0.3 is 5.97 Å². The fraction of sp³-hybridized carbons (Fsp3) is 0.438. The number of carboxylic acid groups (broad SMARTS) is 1. The van der Waals surface area contributed by atoms with E-state index in [0.29, 0.717) is 24.1 Å². The standard InChI is InChI=1S/C16H18N2O3/c1-11-9-12(5-6-13(11)14(19)20)18-15(21)16(10-17)7-3-2-4-8-16/h5-6,9H,2-4,7-8H2,1H3,(H,18,21)(H,19,20). The highest BCUT2D eigenvalue weighted by Crippen LogP contribution is 2.36. The Labute approximate surface area is 123 Å². The number of carbonyl (C=O) groups is 2. The Morgan fingerprint density at radius 2 is 1.95 bits per heavy atom. The van der Waals surface area contributed by atoms with Gasteiger partial charge in [-0.3, -0.25) is 4.79 Å². The molecule has 1 aromatic carbocycles. The third-order valence-corrected chi connectivity index (χ3v) is 4.07. The van der Waals surface area contributed by atoms with E-state index in [1.807, 2.05) is 0 Å². The fourth-order valence-electron chi connectivity index (χ4n) is 2.78. The summed E-state index contributed by atoms with van der Waals surface area (Å²) in [5.74, 6) is -1.28. The number of anilines is 1. The average Bonchev–Trinajstić information content (AvgIpc) is 2.47. The molecule has 1 aliphatic rings. The number of aryl methyl sites for hydroxylation is 1. The van der Waals surface area contributed by atoms with Crippen LogP contribution in [0.25, 0.3) is 0 Å². The second-order valence-electron chi connectivity index (χ2n) is 5.54. The van der Waals surface area contributed by atoms with Crippen LogP contribution in [0.1, 0.15) is 48.0 Å². The molecular formula is C16H18N2O3. The summed E-state index contributed by atoms with van der Waals surface area (Å²) < 4.78 is 0. The van der Waals surface area contributed by atoms with Crippen molar-refractivity contribution in [3.8, 4) is 6.07 Å². The highest BCUT2D eigenvalue weighted by atomic mass is 16.4. The van der Waals surface area contributed by atoms with Crippen LogP contribution in [0.4, 0.5) is 5.69 Å². The lowest BCUT2D eigenvalue weighted by Crippen LogP contribution is -2.36. The van der Waals surface area contributed by atoms with Gasteiger partial charge in [-0.2, -0.15) is 5.26 Å². The molecule has 1 aliphatic carbocycles. The third-order valence-electron chi connectivity index (χ3n) is 4.07. The Bertz CT molecular complexity index is 610. The summed E-state index contributed by atoms with van der Waals surface area (Å²) in [7, 11) is 0. The third kappa shape index (κ3) is 3.05. The van der Waals surface area contributed by atoms with E-state index >= 15 is 0 Å². The normalized spacial score (nSPS) is 16.8. The summed E-state index contributed by atoms with van der Waals surface area (Å²) in [6.45, 7) is 1.68. The molecule has 0 spiro atoms. The van der Waals surface area contributed by atoms with Crippen molar-refractivity contribution in [1.29, 1.82) is 5.26 Å². The first-order valence-corrected chi connectivity index (χ1v) is 7.05. The van der Waals surface area contributed by atoms with E-state index in [2.05, 4.69) is 11.4 Å². The van der Waals surface area contributed by atoms with Gasteiger partial charge in [0.05, 0.1) is 11.6 Å². The maximum Gasteiger partial charge on any atom is 0.335 e. The van der Waals surface area contributed by atoms with Gasteiger partial charge in [-0.15, -0.1) is 0 Å². The predicted molar refractivity (Wildman–Crippen MR) is 77.9 cm³/mol. The molecule has 5 heteroatoms. The quantitative estimate of drug-likeness (QED) is 0.893. The summed E-state index contributed by atoms with van der Waals surface area (Å²) in [5.41, 5.74) is 0.371. The zero-order chi connectivity index (χ0) is 15.5. The Balaban J connectivity index is 2.18. The second kappa shape index (κ2) is 5.96. The Hall–Kier alpha value is -2.35. The highest BCUT2D eigenvalue weighted by Gasteiger charge is 2.39. The van der Waals surface area contributed by atoms with E-state index in [1.165, 1.54) is 6.07 Å². The van der Waals surface area contributed by atoms with Gasteiger partial charge in [-0.25, -0.2) is 4.79 Å². The average molecular weight is 286 g/mol. The van der Waals surface area contributed by atoms with Gasteiger partial charge in [0.25, 0.3) is 0 Å². The molecule has 1 aromatic rings. The van der Waals surface area contributed by atoms with E-state index < -0.39 is 11.4 Å². The fourth-order valence-corrected chi connectivity index (χ4v) is 2.78. The first-order chi connectivity index (χ1) is 9.98. The van der Waals surface area contributed by atoms with E-state index in [9.17, 15) is 14.9 Å². The predicted octanol–water partition coefficient (Wildman–Crippen LogP) is 3.11. The van der Waals surface area contributed by atoms with Crippen molar-refractivity contribution in [2.24, 2.45) is 5.41 Å². The molecule has 0 aliphatic heterocycles. The minimum Gasteiger partial charge on any atom is -0.478 e. The molecule has 0 bridgehead atoms. The molecular weight excluding hydrogens is 268 g/mol. The Morgan fingerprint density at radius 3 is 2.48 bits per heavy atom. The Morgan fingerprint density at radius 1 is 1.29 bits per heavy atom. The molecule has 0 aromatic heterocycles. The van der Waals surface area contributed by atoms with E-state index in [-0.39, 0.29) is 11.5 Å². The number of aromatic carboxylic acids is 1. The number of nitrogens with zero attached hydrogens (tertiary/aromatic N) is 1. The number of rotatable bonds is 3. The first kappa shape index (κ1) is 15.0. The number of nitriles is 1. The van der Waals surface area contributed by atoms with Crippen LogP contribution in [0.15, 0.2) is 18.2 Å². The second-order valence-corrected chi connectivity index (χ2v) is 5.54. The van der Waals surface area contributed by atoms with Crippen LogP contribution in [0.5, 0.6) is 0 Å². The van der Waals surface area contributed by atoms with Crippen LogP contribution in [0, 0.1) is 23.7 Å². The topological polar surface area (TPSA) is 90.2 Å². The minimum atomic E-state index is -0.994. The maximum absolute atomic E-state index is 12.4. The summed E-state index contributed by atoms with van der Waals surface area (Å²) in [6.07, 6.45) is 4.00. The summed E-state index contributed by atoms with van der Waals surface area (Å²) >= 11 is 0. The number of benzene rings is 1. The number of hydrogen-bond acceptors (Lipinski definition) is 3. The van der Waals surface area contributed by atoms with Gasteiger partial charge in [0.2, 0.25) is 5.91 Å². The van der Waals surface area contributed by atoms with Crippen molar-refractivity contribution in [2.45, 2.75) is 39.0 Å². The van der Waals surface area contributed by atoms with Crippen LogP contribution in [-0.2, 0) is 4.79 Å². The summed E-state index contributed by atoms with van der Waals surface area (Å²) in [6, 6.07) is 6.82. The lowest BCUT2D eigenvalue weighted by molar-refractivity contribution is -0.124. The molecule has 0 radical (unpaired) electrons. The molecule has 1 amide bonds. The number of carboxylic acids is 1. The minimum absolute atomic E-state index is 0.209. The monoisotopic (exact) mass is 286 g/mol. The molecule has 21 heavy (non-hydrogen) atoms.